The van der Waals surface area contributed by atoms with E-state index in [1.165, 1.54) is 0 Å². The fraction of sp³-hybridized carbons (Fsp3) is 0.273. The smallest absolute Gasteiger partial charge is 0.156 e. The molecule has 0 bridgehead atoms. The van der Waals surface area contributed by atoms with E-state index < -0.39 is 0 Å². The zero-order chi connectivity index (χ0) is 11.5. The fourth-order valence-corrected chi connectivity index (χ4v) is 1.35. The molecular weight excluding hydrogens is 204 g/mol. The van der Waals surface area contributed by atoms with Gasteiger partial charge in [0.15, 0.2) is 5.76 Å². The van der Waals surface area contributed by atoms with Crippen molar-refractivity contribution in [1.29, 1.82) is 0 Å². The van der Waals surface area contributed by atoms with Crippen LogP contribution in [0.15, 0.2) is 22.7 Å². The van der Waals surface area contributed by atoms with E-state index in [1.54, 1.807) is 0 Å². The lowest BCUT2D eigenvalue weighted by Crippen LogP contribution is -2.02. The van der Waals surface area contributed by atoms with Crippen molar-refractivity contribution in [3.63, 3.8) is 0 Å². The van der Waals surface area contributed by atoms with Gasteiger partial charge in [-0.3, -0.25) is 0 Å². The molecule has 0 aliphatic rings. The van der Waals surface area contributed by atoms with Crippen molar-refractivity contribution in [2.45, 2.75) is 20.4 Å². The summed E-state index contributed by atoms with van der Waals surface area (Å²) < 4.78 is 5.08. The number of nitrogen functional groups attached to an aromatic ring is 1. The quantitative estimate of drug-likeness (QED) is 0.822. The summed E-state index contributed by atoms with van der Waals surface area (Å²) in [5, 5.41) is 6.95. The monoisotopic (exact) mass is 218 g/mol. The molecule has 5 heteroatoms. The van der Waals surface area contributed by atoms with Crippen LogP contribution in [0, 0.1) is 13.8 Å². The number of hydrogen-bond acceptors (Lipinski definition) is 5. The molecule has 16 heavy (non-hydrogen) atoms. The molecule has 2 heterocycles. The van der Waals surface area contributed by atoms with Gasteiger partial charge in [0, 0.05) is 6.07 Å². The molecular formula is C11H14N4O. The van der Waals surface area contributed by atoms with Gasteiger partial charge in [-0.25, -0.2) is 4.98 Å². The molecule has 0 aliphatic heterocycles. The minimum atomic E-state index is 0.567. The first-order chi connectivity index (χ1) is 7.65. The van der Waals surface area contributed by atoms with Crippen molar-refractivity contribution in [1.82, 2.24) is 10.1 Å². The summed E-state index contributed by atoms with van der Waals surface area (Å²) in [4.78, 5) is 4.30. The van der Waals surface area contributed by atoms with Crippen molar-refractivity contribution in [2.24, 2.45) is 0 Å². The lowest BCUT2D eigenvalue weighted by atomic mass is 10.3. The number of aromatic nitrogens is 2. The van der Waals surface area contributed by atoms with Crippen LogP contribution in [0.3, 0.4) is 0 Å². The largest absolute Gasteiger partial charge is 0.397 e. The number of hydrogen-bond donors (Lipinski definition) is 2. The zero-order valence-corrected chi connectivity index (χ0v) is 9.32. The van der Waals surface area contributed by atoms with Gasteiger partial charge < -0.3 is 15.6 Å². The summed E-state index contributed by atoms with van der Waals surface area (Å²) in [7, 11) is 0. The molecule has 2 rings (SSSR count). The SMILES string of the molecule is Cc1cc(CNc2ccc(N)c(C)n2)on1. The van der Waals surface area contributed by atoms with E-state index in [1.807, 2.05) is 32.0 Å². The molecule has 3 N–H and O–H groups in total. The van der Waals surface area contributed by atoms with E-state index in [9.17, 15) is 0 Å². The lowest BCUT2D eigenvalue weighted by molar-refractivity contribution is 0.384. The Kier molecular flexibility index (Phi) is 2.76. The van der Waals surface area contributed by atoms with Crippen molar-refractivity contribution >= 4 is 11.5 Å². The highest BCUT2D eigenvalue weighted by Crippen LogP contribution is 2.13. The molecule has 0 saturated heterocycles. The molecule has 0 amide bonds. The number of nitrogens with one attached hydrogen (secondary N) is 1. The normalized spacial score (nSPS) is 10.4. The molecule has 0 fully saturated rings. The second-order valence-electron chi connectivity index (χ2n) is 3.66. The first kappa shape index (κ1) is 10.5. The van der Waals surface area contributed by atoms with Crippen molar-refractivity contribution in [3.8, 4) is 0 Å². The maximum absolute atomic E-state index is 5.68. The van der Waals surface area contributed by atoms with E-state index in [4.69, 9.17) is 10.3 Å². The van der Waals surface area contributed by atoms with Gasteiger partial charge in [0.2, 0.25) is 0 Å². The minimum Gasteiger partial charge on any atom is -0.397 e. The average molecular weight is 218 g/mol. The third-order valence-electron chi connectivity index (χ3n) is 2.25. The predicted molar refractivity (Wildman–Crippen MR) is 62.0 cm³/mol. The van der Waals surface area contributed by atoms with E-state index in [2.05, 4.69) is 15.5 Å². The number of pyridine rings is 1. The van der Waals surface area contributed by atoms with Crippen LogP contribution in [0.5, 0.6) is 0 Å². The third kappa shape index (κ3) is 2.31. The molecule has 0 aromatic carbocycles. The Morgan fingerprint density at radius 3 is 2.81 bits per heavy atom. The Labute approximate surface area is 93.7 Å². The molecule has 0 radical (unpaired) electrons. The Balaban J connectivity index is 2.02. The highest BCUT2D eigenvalue weighted by Gasteiger charge is 2.02. The topological polar surface area (TPSA) is 77.0 Å². The van der Waals surface area contributed by atoms with Gasteiger partial charge in [0.05, 0.1) is 23.6 Å². The second kappa shape index (κ2) is 4.22. The standard InChI is InChI=1S/C11H14N4O/c1-7-5-9(16-15-7)6-13-11-4-3-10(12)8(2)14-11/h3-5H,6,12H2,1-2H3,(H,13,14). The molecule has 0 aliphatic carbocycles. The minimum absolute atomic E-state index is 0.567. The molecule has 5 nitrogen and oxygen atoms in total. The molecule has 2 aromatic heterocycles. The Bertz CT molecular complexity index is 492. The van der Waals surface area contributed by atoms with Gasteiger partial charge in [-0.15, -0.1) is 0 Å². The van der Waals surface area contributed by atoms with Crippen LogP contribution in [0.25, 0.3) is 0 Å². The maximum atomic E-state index is 5.68. The number of nitrogens with two attached hydrogens (primary N) is 1. The summed E-state index contributed by atoms with van der Waals surface area (Å²) in [5.41, 5.74) is 8.07. The number of anilines is 2. The average Bonchev–Trinajstić information content (AvgIpc) is 2.66. The van der Waals surface area contributed by atoms with Crippen LogP contribution in [0.1, 0.15) is 17.1 Å². The summed E-state index contributed by atoms with van der Waals surface area (Å²) in [6, 6.07) is 5.55. The number of nitrogens with zero attached hydrogens (tertiary/aromatic N) is 2. The Morgan fingerprint density at radius 1 is 1.38 bits per heavy atom. The van der Waals surface area contributed by atoms with Gasteiger partial charge in [-0.2, -0.15) is 0 Å². The van der Waals surface area contributed by atoms with Gasteiger partial charge in [0.25, 0.3) is 0 Å². The predicted octanol–water partition coefficient (Wildman–Crippen LogP) is 1.88. The molecule has 0 unspecified atom stereocenters. The van der Waals surface area contributed by atoms with Crippen LogP contribution < -0.4 is 11.1 Å². The van der Waals surface area contributed by atoms with Gasteiger partial charge in [0.1, 0.15) is 5.82 Å². The molecule has 0 saturated carbocycles. The highest BCUT2D eigenvalue weighted by atomic mass is 16.5. The van der Waals surface area contributed by atoms with E-state index in [-0.39, 0.29) is 0 Å². The summed E-state index contributed by atoms with van der Waals surface area (Å²) in [5.74, 6) is 1.56. The van der Waals surface area contributed by atoms with Crippen LogP contribution in [0.2, 0.25) is 0 Å². The first-order valence-electron chi connectivity index (χ1n) is 5.04. The molecule has 0 spiro atoms. The van der Waals surface area contributed by atoms with Crippen LogP contribution in [0.4, 0.5) is 11.5 Å². The van der Waals surface area contributed by atoms with Crippen molar-refractivity contribution < 1.29 is 4.52 Å². The van der Waals surface area contributed by atoms with E-state index in [0.29, 0.717) is 12.2 Å². The first-order valence-corrected chi connectivity index (χ1v) is 5.04. The van der Waals surface area contributed by atoms with Crippen LogP contribution >= 0.6 is 0 Å². The van der Waals surface area contributed by atoms with Crippen LogP contribution in [-0.4, -0.2) is 10.1 Å². The van der Waals surface area contributed by atoms with Gasteiger partial charge >= 0.3 is 0 Å². The molecule has 0 atom stereocenters. The van der Waals surface area contributed by atoms with E-state index >= 15 is 0 Å². The maximum Gasteiger partial charge on any atom is 0.156 e. The van der Waals surface area contributed by atoms with Gasteiger partial charge in [-0.1, -0.05) is 5.16 Å². The fourth-order valence-electron chi connectivity index (χ4n) is 1.35. The zero-order valence-electron chi connectivity index (χ0n) is 9.32. The third-order valence-corrected chi connectivity index (χ3v) is 2.25. The van der Waals surface area contributed by atoms with Crippen LogP contribution in [-0.2, 0) is 6.54 Å². The Morgan fingerprint density at radius 2 is 2.19 bits per heavy atom. The van der Waals surface area contributed by atoms with Crippen molar-refractivity contribution in [3.05, 3.63) is 35.3 Å². The summed E-state index contributed by atoms with van der Waals surface area (Å²) in [6.07, 6.45) is 0. The Hall–Kier alpha value is -2.04. The lowest BCUT2D eigenvalue weighted by Gasteiger charge is -2.05. The molecule has 84 valence electrons. The number of rotatable bonds is 3. The van der Waals surface area contributed by atoms with E-state index in [0.717, 1.165) is 23.0 Å². The second-order valence-corrected chi connectivity index (χ2v) is 3.66. The van der Waals surface area contributed by atoms with Crippen molar-refractivity contribution in [2.75, 3.05) is 11.1 Å². The summed E-state index contributed by atoms with van der Waals surface area (Å²) >= 11 is 0. The van der Waals surface area contributed by atoms with Gasteiger partial charge in [-0.05, 0) is 26.0 Å². The number of aryl methyl sites for hydroxylation is 2. The molecule has 2 aromatic rings. The highest BCUT2D eigenvalue weighted by molar-refractivity contribution is 5.49. The summed E-state index contributed by atoms with van der Waals surface area (Å²) in [6.45, 7) is 4.33.